The highest BCUT2D eigenvalue weighted by Crippen LogP contribution is 2.28. The summed E-state index contributed by atoms with van der Waals surface area (Å²) in [6, 6.07) is 0. The van der Waals surface area contributed by atoms with Gasteiger partial charge in [0, 0.05) is 5.33 Å². The standard InChI is InChI=1S/C16H19BrO6S/c1-4-21-14(18)11(15(19)22-5-2)7-10-9-24-13(12(10)8-17)16(20)23-6-3/h7,9H,4-6,8H2,1-3H3. The second-order valence-corrected chi connectivity index (χ2v) is 5.79. The van der Waals surface area contributed by atoms with Gasteiger partial charge in [0.2, 0.25) is 0 Å². The number of halogens is 1. The Hall–Kier alpha value is -1.67. The molecule has 0 amide bonds. The summed E-state index contributed by atoms with van der Waals surface area (Å²) in [6.07, 6.45) is 1.38. The summed E-state index contributed by atoms with van der Waals surface area (Å²) >= 11 is 4.51. The van der Waals surface area contributed by atoms with E-state index in [1.54, 1.807) is 26.2 Å². The molecule has 1 heterocycles. The van der Waals surface area contributed by atoms with Crippen molar-refractivity contribution >= 4 is 51.3 Å². The predicted octanol–water partition coefficient (Wildman–Crippen LogP) is 3.33. The highest BCUT2D eigenvalue weighted by atomic mass is 79.9. The van der Waals surface area contributed by atoms with Gasteiger partial charge in [-0.1, -0.05) is 15.9 Å². The van der Waals surface area contributed by atoms with Crippen molar-refractivity contribution in [3.63, 3.8) is 0 Å². The molecule has 0 spiro atoms. The number of hydrogen-bond donors (Lipinski definition) is 0. The third-order valence-electron chi connectivity index (χ3n) is 2.81. The Balaban J connectivity index is 3.28. The molecule has 1 rings (SSSR count). The number of carbonyl (C=O) groups is 3. The fourth-order valence-corrected chi connectivity index (χ4v) is 3.53. The van der Waals surface area contributed by atoms with E-state index in [1.165, 1.54) is 17.4 Å². The minimum Gasteiger partial charge on any atom is -0.462 e. The fourth-order valence-electron chi connectivity index (χ4n) is 1.80. The molecule has 0 aliphatic carbocycles. The average molecular weight is 419 g/mol. The second-order valence-electron chi connectivity index (χ2n) is 4.35. The van der Waals surface area contributed by atoms with E-state index in [0.717, 1.165) is 0 Å². The largest absolute Gasteiger partial charge is 0.462 e. The van der Waals surface area contributed by atoms with Gasteiger partial charge in [-0.25, -0.2) is 14.4 Å². The van der Waals surface area contributed by atoms with Gasteiger partial charge in [-0.2, -0.15) is 0 Å². The second kappa shape index (κ2) is 10.2. The van der Waals surface area contributed by atoms with Crippen molar-refractivity contribution in [2.24, 2.45) is 0 Å². The zero-order valence-electron chi connectivity index (χ0n) is 13.7. The number of ether oxygens (including phenoxy) is 3. The van der Waals surface area contributed by atoms with E-state index < -0.39 is 17.9 Å². The van der Waals surface area contributed by atoms with Gasteiger partial charge in [0.15, 0.2) is 0 Å². The van der Waals surface area contributed by atoms with Gasteiger partial charge < -0.3 is 14.2 Å². The van der Waals surface area contributed by atoms with Gasteiger partial charge in [0.25, 0.3) is 0 Å². The first-order chi connectivity index (χ1) is 11.5. The van der Waals surface area contributed by atoms with Gasteiger partial charge in [0.05, 0.1) is 19.8 Å². The summed E-state index contributed by atoms with van der Waals surface area (Å²) in [5.74, 6) is -1.97. The Bertz CT molecular complexity index is 615. The van der Waals surface area contributed by atoms with Gasteiger partial charge >= 0.3 is 17.9 Å². The van der Waals surface area contributed by atoms with Crippen LogP contribution in [-0.2, 0) is 29.1 Å². The maximum Gasteiger partial charge on any atom is 0.348 e. The molecule has 6 nitrogen and oxygen atoms in total. The fraction of sp³-hybridized carbons (Fsp3) is 0.438. The Morgan fingerprint density at radius 3 is 2.04 bits per heavy atom. The van der Waals surface area contributed by atoms with Gasteiger partial charge in [0.1, 0.15) is 10.5 Å². The van der Waals surface area contributed by atoms with Crippen LogP contribution in [0.25, 0.3) is 6.08 Å². The molecule has 0 N–H and O–H groups in total. The van der Waals surface area contributed by atoms with Crippen LogP contribution in [-0.4, -0.2) is 37.7 Å². The zero-order chi connectivity index (χ0) is 18.1. The Morgan fingerprint density at radius 2 is 1.58 bits per heavy atom. The summed E-state index contributed by atoms with van der Waals surface area (Å²) in [4.78, 5) is 36.4. The van der Waals surface area contributed by atoms with E-state index >= 15 is 0 Å². The maximum atomic E-state index is 12.0. The number of thiophene rings is 1. The molecule has 0 radical (unpaired) electrons. The van der Waals surface area contributed by atoms with Crippen molar-refractivity contribution in [1.82, 2.24) is 0 Å². The third-order valence-corrected chi connectivity index (χ3v) is 4.39. The lowest BCUT2D eigenvalue weighted by Crippen LogP contribution is -2.18. The summed E-state index contributed by atoms with van der Waals surface area (Å²) in [5, 5.41) is 2.05. The van der Waals surface area contributed by atoms with Crippen LogP contribution >= 0.6 is 27.3 Å². The first-order valence-corrected chi connectivity index (χ1v) is 9.39. The molecule has 0 aliphatic rings. The highest BCUT2D eigenvalue weighted by Gasteiger charge is 2.24. The summed E-state index contributed by atoms with van der Waals surface area (Å²) in [6.45, 7) is 5.56. The van der Waals surface area contributed by atoms with Crippen molar-refractivity contribution in [3.8, 4) is 0 Å². The van der Waals surface area contributed by atoms with E-state index in [2.05, 4.69) is 15.9 Å². The first kappa shape index (κ1) is 20.4. The molecular weight excluding hydrogens is 400 g/mol. The van der Waals surface area contributed by atoms with E-state index in [9.17, 15) is 14.4 Å². The van der Waals surface area contributed by atoms with Crippen LogP contribution in [0.3, 0.4) is 0 Å². The third kappa shape index (κ3) is 5.17. The Morgan fingerprint density at radius 1 is 1.04 bits per heavy atom. The number of rotatable bonds is 8. The van der Waals surface area contributed by atoms with Crippen molar-refractivity contribution in [2.45, 2.75) is 26.1 Å². The van der Waals surface area contributed by atoms with Gasteiger partial charge in [-0.3, -0.25) is 0 Å². The average Bonchev–Trinajstić information content (AvgIpc) is 2.95. The minimum atomic E-state index is -0.764. The normalized spacial score (nSPS) is 10.0. The number of carbonyl (C=O) groups excluding carboxylic acids is 3. The Labute approximate surface area is 152 Å². The van der Waals surface area contributed by atoms with Crippen molar-refractivity contribution in [1.29, 1.82) is 0 Å². The molecule has 0 aromatic carbocycles. The Kier molecular flexibility index (Phi) is 8.70. The lowest BCUT2D eigenvalue weighted by molar-refractivity contribution is -0.146. The van der Waals surface area contributed by atoms with Crippen LogP contribution in [0.2, 0.25) is 0 Å². The molecule has 132 valence electrons. The van der Waals surface area contributed by atoms with Crippen LogP contribution in [0.1, 0.15) is 41.6 Å². The van der Waals surface area contributed by atoms with E-state index in [1.807, 2.05) is 0 Å². The lowest BCUT2D eigenvalue weighted by atomic mass is 10.1. The molecule has 8 heteroatoms. The zero-order valence-corrected chi connectivity index (χ0v) is 16.1. The highest BCUT2D eigenvalue weighted by molar-refractivity contribution is 9.08. The molecule has 0 atom stereocenters. The number of alkyl halides is 1. The molecular formula is C16H19BrO6S. The topological polar surface area (TPSA) is 78.9 Å². The maximum absolute atomic E-state index is 12.0. The summed E-state index contributed by atoms with van der Waals surface area (Å²) < 4.78 is 14.8. The minimum absolute atomic E-state index is 0.137. The SMILES string of the molecule is CCOC(=O)C(=Cc1csc(C(=O)OCC)c1CBr)C(=O)OCC. The summed E-state index contributed by atoms with van der Waals surface area (Å²) in [5.41, 5.74) is 0.995. The van der Waals surface area contributed by atoms with Crippen molar-refractivity contribution in [3.05, 3.63) is 27.0 Å². The van der Waals surface area contributed by atoms with Crippen LogP contribution in [0.5, 0.6) is 0 Å². The molecule has 0 bridgehead atoms. The molecule has 0 fully saturated rings. The first-order valence-electron chi connectivity index (χ1n) is 7.39. The smallest absolute Gasteiger partial charge is 0.348 e. The quantitative estimate of drug-likeness (QED) is 0.161. The van der Waals surface area contributed by atoms with Crippen molar-refractivity contribution in [2.75, 3.05) is 19.8 Å². The lowest BCUT2D eigenvalue weighted by Gasteiger charge is -2.07. The monoisotopic (exact) mass is 418 g/mol. The molecule has 24 heavy (non-hydrogen) atoms. The molecule has 1 aromatic heterocycles. The van der Waals surface area contributed by atoms with Crippen LogP contribution in [0.4, 0.5) is 0 Å². The molecule has 0 aliphatic heterocycles. The molecule has 1 aromatic rings. The van der Waals surface area contributed by atoms with E-state index in [0.29, 0.717) is 21.3 Å². The number of hydrogen-bond acceptors (Lipinski definition) is 7. The van der Waals surface area contributed by atoms with Crippen LogP contribution in [0.15, 0.2) is 11.0 Å². The number of esters is 3. The molecule has 0 saturated carbocycles. The predicted molar refractivity (Wildman–Crippen MR) is 94.1 cm³/mol. The molecule has 0 unspecified atom stereocenters. The van der Waals surface area contributed by atoms with E-state index in [4.69, 9.17) is 14.2 Å². The van der Waals surface area contributed by atoms with Crippen LogP contribution < -0.4 is 0 Å². The van der Waals surface area contributed by atoms with Gasteiger partial charge in [-0.15, -0.1) is 11.3 Å². The van der Waals surface area contributed by atoms with E-state index in [-0.39, 0.29) is 25.4 Å². The molecule has 0 saturated heterocycles. The van der Waals surface area contributed by atoms with Crippen molar-refractivity contribution < 1.29 is 28.6 Å². The van der Waals surface area contributed by atoms with Gasteiger partial charge in [-0.05, 0) is 43.4 Å². The summed E-state index contributed by atoms with van der Waals surface area (Å²) in [7, 11) is 0. The van der Waals surface area contributed by atoms with Crippen LogP contribution in [0, 0.1) is 0 Å².